The van der Waals surface area contributed by atoms with Gasteiger partial charge in [-0.15, -0.1) is 0 Å². The van der Waals surface area contributed by atoms with Crippen molar-refractivity contribution in [2.45, 2.75) is 65.2 Å². The number of rotatable bonds is 5. The van der Waals surface area contributed by atoms with Gasteiger partial charge in [-0.05, 0) is 75.0 Å². The van der Waals surface area contributed by atoms with Gasteiger partial charge in [-0.3, -0.25) is 4.79 Å². The second kappa shape index (κ2) is 5.10. The van der Waals surface area contributed by atoms with E-state index in [0.29, 0.717) is 5.91 Å². The number of carbonyl (C=O) groups excluding carboxylic acids is 1. The largest absolute Gasteiger partial charge is 0.356 e. The van der Waals surface area contributed by atoms with Crippen LogP contribution in [0, 0.1) is 29.1 Å². The zero-order chi connectivity index (χ0) is 13.5. The van der Waals surface area contributed by atoms with Gasteiger partial charge in [0.1, 0.15) is 0 Å². The summed E-state index contributed by atoms with van der Waals surface area (Å²) < 4.78 is 0. The highest BCUT2D eigenvalue weighted by Gasteiger charge is 2.54. The summed E-state index contributed by atoms with van der Waals surface area (Å²) in [6, 6.07) is 0. The van der Waals surface area contributed by atoms with Crippen LogP contribution >= 0.6 is 0 Å². The Morgan fingerprint density at radius 2 is 1.63 bits per heavy atom. The van der Waals surface area contributed by atoms with Gasteiger partial charge in [0, 0.05) is 12.0 Å². The molecule has 0 spiro atoms. The second-order valence-corrected chi connectivity index (χ2v) is 7.99. The number of nitrogens with one attached hydrogen (secondary N) is 1. The van der Waals surface area contributed by atoms with Crippen molar-refractivity contribution in [3.05, 3.63) is 0 Å². The van der Waals surface area contributed by atoms with E-state index in [1.54, 1.807) is 0 Å². The van der Waals surface area contributed by atoms with E-state index in [1.807, 2.05) is 0 Å². The summed E-state index contributed by atoms with van der Waals surface area (Å²) in [6.45, 7) is 5.39. The maximum atomic E-state index is 12.6. The van der Waals surface area contributed by atoms with Gasteiger partial charge in [-0.1, -0.05) is 13.8 Å². The molecule has 2 heteroatoms. The molecular weight excluding hydrogens is 234 g/mol. The van der Waals surface area contributed by atoms with Gasteiger partial charge in [0.05, 0.1) is 0 Å². The molecule has 4 fully saturated rings. The van der Waals surface area contributed by atoms with Crippen molar-refractivity contribution in [3.63, 3.8) is 0 Å². The lowest BCUT2D eigenvalue weighted by molar-refractivity contribution is -0.146. The summed E-state index contributed by atoms with van der Waals surface area (Å²) >= 11 is 0. The minimum atomic E-state index is 0.0482. The molecule has 0 aliphatic heterocycles. The molecule has 0 unspecified atom stereocenters. The van der Waals surface area contributed by atoms with E-state index in [-0.39, 0.29) is 5.41 Å². The predicted molar refractivity (Wildman–Crippen MR) is 77.7 cm³/mol. The van der Waals surface area contributed by atoms with Crippen LogP contribution in [0.15, 0.2) is 0 Å². The lowest BCUT2D eigenvalue weighted by Crippen LogP contribution is -2.53. The Morgan fingerprint density at radius 3 is 2.11 bits per heavy atom. The molecule has 0 aromatic heterocycles. The zero-order valence-corrected chi connectivity index (χ0v) is 12.6. The SMILES string of the molecule is CC(C)CCCNC(=O)C12CC3CC(CC(C3)C1)C2. The molecule has 0 atom stereocenters. The Bertz CT molecular complexity index is 312. The van der Waals surface area contributed by atoms with Crippen LogP contribution < -0.4 is 5.32 Å². The average molecular weight is 263 g/mol. The first-order valence-electron chi connectivity index (χ1n) is 8.36. The maximum Gasteiger partial charge on any atom is 0.226 e. The van der Waals surface area contributed by atoms with Crippen molar-refractivity contribution in [2.24, 2.45) is 29.1 Å². The Balaban J connectivity index is 1.54. The molecule has 2 nitrogen and oxygen atoms in total. The molecule has 0 heterocycles. The van der Waals surface area contributed by atoms with Crippen LogP contribution in [0.2, 0.25) is 0 Å². The summed E-state index contributed by atoms with van der Waals surface area (Å²) in [5, 5.41) is 3.26. The third-order valence-electron chi connectivity index (χ3n) is 5.76. The van der Waals surface area contributed by atoms with E-state index in [9.17, 15) is 4.79 Å². The molecule has 4 aliphatic carbocycles. The van der Waals surface area contributed by atoms with Crippen molar-refractivity contribution < 1.29 is 4.79 Å². The Kier molecular flexibility index (Phi) is 3.61. The average Bonchev–Trinajstić information content (AvgIpc) is 2.32. The molecule has 0 aromatic rings. The highest BCUT2D eigenvalue weighted by atomic mass is 16.2. The van der Waals surface area contributed by atoms with Crippen LogP contribution in [-0.4, -0.2) is 12.5 Å². The topological polar surface area (TPSA) is 29.1 Å². The summed E-state index contributed by atoms with van der Waals surface area (Å²) in [7, 11) is 0. The molecule has 108 valence electrons. The highest BCUT2D eigenvalue weighted by molar-refractivity contribution is 5.83. The fourth-order valence-corrected chi connectivity index (χ4v) is 5.29. The van der Waals surface area contributed by atoms with E-state index in [2.05, 4.69) is 19.2 Å². The molecule has 0 saturated heterocycles. The van der Waals surface area contributed by atoms with Gasteiger partial charge in [-0.2, -0.15) is 0 Å². The predicted octanol–water partition coefficient (Wildman–Crippen LogP) is 3.76. The molecule has 4 aliphatic rings. The quantitative estimate of drug-likeness (QED) is 0.752. The summed E-state index contributed by atoms with van der Waals surface area (Å²) in [6.07, 6.45) is 10.2. The normalized spacial score (nSPS) is 39.8. The van der Waals surface area contributed by atoms with Crippen LogP contribution in [0.25, 0.3) is 0 Å². The summed E-state index contributed by atoms with van der Waals surface area (Å²) in [4.78, 5) is 12.6. The molecule has 4 rings (SSSR count). The first kappa shape index (κ1) is 13.5. The van der Waals surface area contributed by atoms with Crippen molar-refractivity contribution in [1.82, 2.24) is 5.32 Å². The standard InChI is InChI=1S/C17H29NO/c1-12(2)4-3-5-18-16(19)17-9-13-6-14(10-17)8-15(7-13)11-17/h12-15H,3-11H2,1-2H3,(H,18,19). The molecule has 0 aromatic carbocycles. The molecule has 4 saturated carbocycles. The maximum absolute atomic E-state index is 12.6. The van der Waals surface area contributed by atoms with Gasteiger partial charge in [0.15, 0.2) is 0 Å². The van der Waals surface area contributed by atoms with Crippen LogP contribution in [0.5, 0.6) is 0 Å². The first-order valence-corrected chi connectivity index (χ1v) is 8.36. The van der Waals surface area contributed by atoms with E-state index in [0.717, 1.165) is 36.6 Å². The number of hydrogen-bond donors (Lipinski definition) is 1. The lowest BCUT2D eigenvalue weighted by Gasteiger charge is -2.55. The van der Waals surface area contributed by atoms with Gasteiger partial charge >= 0.3 is 0 Å². The van der Waals surface area contributed by atoms with Crippen molar-refractivity contribution in [2.75, 3.05) is 6.54 Å². The number of carbonyl (C=O) groups is 1. The minimum absolute atomic E-state index is 0.0482. The van der Waals surface area contributed by atoms with Gasteiger partial charge in [0.25, 0.3) is 0 Å². The third-order valence-corrected chi connectivity index (χ3v) is 5.76. The second-order valence-electron chi connectivity index (χ2n) is 7.99. The van der Waals surface area contributed by atoms with Crippen LogP contribution in [-0.2, 0) is 4.79 Å². The van der Waals surface area contributed by atoms with Crippen molar-refractivity contribution >= 4 is 5.91 Å². The van der Waals surface area contributed by atoms with Crippen molar-refractivity contribution in [1.29, 1.82) is 0 Å². The number of amides is 1. The van der Waals surface area contributed by atoms with E-state index in [4.69, 9.17) is 0 Å². The molecule has 1 N–H and O–H groups in total. The zero-order valence-electron chi connectivity index (χ0n) is 12.6. The minimum Gasteiger partial charge on any atom is -0.356 e. The molecule has 4 bridgehead atoms. The smallest absolute Gasteiger partial charge is 0.226 e. The monoisotopic (exact) mass is 263 g/mol. The molecule has 19 heavy (non-hydrogen) atoms. The molecule has 1 amide bonds. The van der Waals surface area contributed by atoms with Gasteiger partial charge in [-0.25, -0.2) is 0 Å². The van der Waals surface area contributed by atoms with E-state index >= 15 is 0 Å². The fourth-order valence-electron chi connectivity index (χ4n) is 5.29. The molecular formula is C17H29NO. The van der Waals surface area contributed by atoms with Crippen LogP contribution in [0.4, 0.5) is 0 Å². The fraction of sp³-hybridized carbons (Fsp3) is 0.941. The Labute approximate surface area is 117 Å². The Morgan fingerprint density at radius 1 is 1.11 bits per heavy atom. The van der Waals surface area contributed by atoms with Crippen LogP contribution in [0.1, 0.15) is 65.2 Å². The van der Waals surface area contributed by atoms with E-state index < -0.39 is 0 Å². The summed E-state index contributed by atoms with van der Waals surface area (Å²) in [5.41, 5.74) is 0.0482. The number of hydrogen-bond acceptors (Lipinski definition) is 1. The summed E-state index contributed by atoms with van der Waals surface area (Å²) in [5.74, 6) is 3.75. The lowest BCUT2D eigenvalue weighted by atomic mass is 9.49. The Hall–Kier alpha value is -0.530. The van der Waals surface area contributed by atoms with Gasteiger partial charge in [0.2, 0.25) is 5.91 Å². The van der Waals surface area contributed by atoms with Crippen LogP contribution in [0.3, 0.4) is 0 Å². The third kappa shape index (κ3) is 2.68. The highest BCUT2D eigenvalue weighted by Crippen LogP contribution is 2.60. The van der Waals surface area contributed by atoms with E-state index in [1.165, 1.54) is 44.9 Å². The van der Waals surface area contributed by atoms with Crippen molar-refractivity contribution in [3.8, 4) is 0 Å². The molecule has 0 radical (unpaired) electrons. The van der Waals surface area contributed by atoms with Gasteiger partial charge < -0.3 is 5.32 Å². The first-order chi connectivity index (χ1) is 9.07.